The first-order valence-corrected chi connectivity index (χ1v) is 8.81. The molecule has 1 aromatic rings. The highest BCUT2D eigenvalue weighted by molar-refractivity contribution is 5.88. The summed E-state index contributed by atoms with van der Waals surface area (Å²) in [7, 11) is 1.96. The van der Waals surface area contributed by atoms with Crippen LogP contribution in [0.4, 0.5) is 0 Å². The minimum absolute atomic E-state index is 0. The smallest absolute Gasteiger partial charge is 0.249 e. The number of rotatable bonds is 6. The number of nitrogens with zero attached hydrogens (tertiary/aromatic N) is 1. The van der Waals surface area contributed by atoms with Gasteiger partial charge in [0.15, 0.2) is 0 Å². The van der Waals surface area contributed by atoms with E-state index in [0.29, 0.717) is 12.5 Å². The number of piperidine rings is 1. The van der Waals surface area contributed by atoms with Crippen LogP contribution in [0.1, 0.15) is 44.7 Å². The van der Waals surface area contributed by atoms with E-state index in [1.54, 1.807) is 0 Å². The average Bonchev–Trinajstić information content (AvgIpc) is 2.59. The molecule has 5 nitrogen and oxygen atoms in total. The van der Waals surface area contributed by atoms with Crippen molar-refractivity contribution in [3.63, 3.8) is 0 Å². The van der Waals surface area contributed by atoms with Gasteiger partial charge >= 0.3 is 0 Å². The second-order valence-electron chi connectivity index (χ2n) is 6.90. The van der Waals surface area contributed by atoms with E-state index < -0.39 is 6.04 Å². The van der Waals surface area contributed by atoms with Crippen LogP contribution in [0, 0.1) is 5.92 Å². The molecule has 1 atom stereocenters. The van der Waals surface area contributed by atoms with Crippen molar-refractivity contribution in [2.45, 2.75) is 45.2 Å². The van der Waals surface area contributed by atoms with Gasteiger partial charge < -0.3 is 15.5 Å². The van der Waals surface area contributed by atoms with Gasteiger partial charge in [0.05, 0.1) is 0 Å². The summed E-state index contributed by atoms with van der Waals surface area (Å²) in [5, 5.41) is 6.21. The van der Waals surface area contributed by atoms with E-state index in [9.17, 15) is 9.59 Å². The molecule has 1 aromatic carbocycles. The lowest BCUT2D eigenvalue weighted by atomic mass is 10.0. The van der Waals surface area contributed by atoms with Crippen LogP contribution < -0.4 is 10.6 Å². The summed E-state index contributed by atoms with van der Waals surface area (Å²) in [6.45, 7) is 5.46. The number of carbonyl (C=O) groups is 2. The fourth-order valence-corrected chi connectivity index (χ4v) is 3.09. The minimum atomic E-state index is -0.594. The Morgan fingerprint density at radius 3 is 2.28 bits per heavy atom. The lowest BCUT2D eigenvalue weighted by Gasteiger charge is -2.34. The van der Waals surface area contributed by atoms with Gasteiger partial charge in [0.1, 0.15) is 6.04 Å². The van der Waals surface area contributed by atoms with Gasteiger partial charge in [-0.05, 0) is 31.4 Å². The third-order valence-electron chi connectivity index (χ3n) is 4.49. The van der Waals surface area contributed by atoms with Crippen molar-refractivity contribution >= 4 is 24.2 Å². The quantitative estimate of drug-likeness (QED) is 0.812. The molecule has 140 valence electrons. The number of halogens is 1. The van der Waals surface area contributed by atoms with E-state index in [1.807, 2.05) is 56.1 Å². The van der Waals surface area contributed by atoms with E-state index in [-0.39, 0.29) is 30.1 Å². The Balaban J connectivity index is 0.00000312. The predicted molar refractivity (Wildman–Crippen MR) is 103 cm³/mol. The molecule has 6 heteroatoms. The van der Waals surface area contributed by atoms with Crippen LogP contribution >= 0.6 is 12.4 Å². The van der Waals surface area contributed by atoms with Gasteiger partial charge in [0.25, 0.3) is 0 Å². The molecule has 0 bridgehead atoms. The highest BCUT2D eigenvalue weighted by atomic mass is 35.5. The summed E-state index contributed by atoms with van der Waals surface area (Å²) >= 11 is 0. The molecule has 2 rings (SSSR count). The number of hydrogen-bond acceptors (Lipinski definition) is 3. The Hall–Kier alpha value is -1.59. The zero-order chi connectivity index (χ0) is 17.5. The van der Waals surface area contributed by atoms with Crippen LogP contribution in [0.3, 0.4) is 0 Å². The minimum Gasteiger partial charge on any atom is -0.341 e. The number of nitrogens with one attached hydrogen (secondary N) is 2. The lowest BCUT2D eigenvalue weighted by Crippen LogP contribution is -2.48. The van der Waals surface area contributed by atoms with Gasteiger partial charge in [0, 0.05) is 25.6 Å². The highest BCUT2D eigenvalue weighted by Crippen LogP contribution is 2.20. The molecule has 1 aliphatic heterocycles. The fraction of sp³-hybridized carbons (Fsp3) is 0.579. The van der Waals surface area contributed by atoms with Gasteiger partial charge in [-0.25, -0.2) is 0 Å². The summed E-state index contributed by atoms with van der Waals surface area (Å²) in [5.41, 5.74) is 0.843. The fourth-order valence-electron chi connectivity index (χ4n) is 3.09. The zero-order valence-corrected chi connectivity index (χ0v) is 16.1. The van der Waals surface area contributed by atoms with E-state index in [4.69, 9.17) is 0 Å². The lowest BCUT2D eigenvalue weighted by molar-refractivity contribution is -0.137. The van der Waals surface area contributed by atoms with Crippen LogP contribution in [0.2, 0.25) is 0 Å². The first-order valence-electron chi connectivity index (χ1n) is 8.81. The molecule has 0 aliphatic carbocycles. The van der Waals surface area contributed by atoms with E-state index >= 15 is 0 Å². The Labute approximate surface area is 157 Å². The topological polar surface area (TPSA) is 61.4 Å². The van der Waals surface area contributed by atoms with Gasteiger partial charge in [-0.3, -0.25) is 9.59 Å². The van der Waals surface area contributed by atoms with Crippen LogP contribution in [0.5, 0.6) is 0 Å². The van der Waals surface area contributed by atoms with Crippen molar-refractivity contribution in [1.82, 2.24) is 15.5 Å². The van der Waals surface area contributed by atoms with Crippen LogP contribution in [0.25, 0.3) is 0 Å². The van der Waals surface area contributed by atoms with Crippen molar-refractivity contribution in [2.24, 2.45) is 5.92 Å². The maximum atomic E-state index is 13.0. The summed E-state index contributed by atoms with van der Waals surface area (Å²) in [5.74, 6) is 0.188. The zero-order valence-electron chi connectivity index (χ0n) is 15.3. The molecular formula is C19H30ClN3O2. The molecule has 25 heavy (non-hydrogen) atoms. The molecule has 2 N–H and O–H groups in total. The van der Waals surface area contributed by atoms with Crippen molar-refractivity contribution in [1.29, 1.82) is 0 Å². The molecule has 1 fully saturated rings. The SMILES string of the molecule is CNC1CCN(C(=O)C(NC(=O)CC(C)C)c2ccccc2)CC1.Cl. The Morgan fingerprint density at radius 2 is 1.76 bits per heavy atom. The van der Waals surface area contributed by atoms with Gasteiger partial charge in [-0.1, -0.05) is 44.2 Å². The predicted octanol–water partition coefficient (Wildman–Crippen LogP) is 2.52. The summed E-state index contributed by atoms with van der Waals surface area (Å²) in [6, 6.07) is 9.40. The molecule has 2 amide bonds. The highest BCUT2D eigenvalue weighted by Gasteiger charge is 2.30. The molecule has 1 heterocycles. The van der Waals surface area contributed by atoms with E-state index in [2.05, 4.69) is 10.6 Å². The molecular weight excluding hydrogens is 338 g/mol. The number of amides is 2. The monoisotopic (exact) mass is 367 g/mol. The Bertz CT molecular complexity index is 543. The summed E-state index contributed by atoms with van der Waals surface area (Å²) in [6.07, 6.45) is 2.33. The van der Waals surface area contributed by atoms with Crippen molar-refractivity contribution < 1.29 is 9.59 Å². The van der Waals surface area contributed by atoms with E-state index in [1.165, 1.54) is 0 Å². The molecule has 0 radical (unpaired) electrons. The van der Waals surface area contributed by atoms with Gasteiger partial charge in [-0.2, -0.15) is 0 Å². The van der Waals surface area contributed by atoms with Gasteiger partial charge in [0.2, 0.25) is 11.8 Å². The van der Waals surface area contributed by atoms with Crippen LogP contribution in [-0.2, 0) is 9.59 Å². The number of benzene rings is 1. The molecule has 1 unspecified atom stereocenters. The third-order valence-corrected chi connectivity index (χ3v) is 4.49. The van der Waals surface area contributed by atoms with Crippen molar-refractivity contribution in [3.05, 3.63) is 35.9 Å². The van der Waals surface area contributed by atoms with Gasteiger partial charge in [-0.15, -0.1) is 12.4 Å². The summed E-state index contributed by atoms with van der Waals surface area (Å²) < 4.78 is 0. The first-order chi connectivity index (χ1) is 11.5. The molecule has 0 saturated carbocycles. The van der Waals surface area contributed by atoms with Crippen molar-refractivity contribution in [2.75, 3.05) is 20.1 Å². The van der Waals surface area contributed by atoms with E-state index in [0.717, 1.165) is 31.5 Å². The number of hydrogen-bond donors (Lipinski definition) is 2. The normalized spacial score (nSPS) is 16.2. The molecule has 0 aromatic heterocycles. The largest absolute Gasteiger partial charge is 0.341 e. The van der Waals surface area contributed by atoms with Crippen molar-refractivity contribution in [3.8, 4) is 0 Å². The number of likely N-dealkylation sites (tertiary alicyclic amines) is 1. The molecule has 0 spiro atoms. The maximum Gasteiger partial charge on any atom is 0.249 e. The Kier molecular flexibility index (Phi) is 8.93. The second kappa shape index (κ2) is 10.4. The number of carbonyl (C=O) groups excluding carboxylic acids is 2. The standard InChI is InChI=1S/C19H29N3O2.ClH/c1-14(2)13-17(23)21-18(15-7-5-4-6-8-15)19(24)22-11-9-16(20-3)10-12-22;/h4-8,14,16,18,20H,9-13H2,1-3H3,(H,21,23);1H. The second-order valence-corrected chi connectivity index (χ2v) is 6.90. The first kappa shape index (κ1) is 21.5. The Morgan fingerprint density at radius 1 is 1.16 bits per heavy atom. The third kappa shape index (κ3) is 6.33. The van der Waals surface area contributed by atoms with Crippen LogP contribution in [0.15, 0.2) is 30.3 Å². The molecule has 1 aliphatic rings. The average molecular weight is 368 g/mol. The molecule has 1 saturated heterocycles. The maximum absolute atomic E-state index is 13.0. The van der Waals surface area contributed by atoms with Crippen LogP contribution in [-0.4, -0.2) is 42.9 Å². The summed E-state index contributed by atoms with van der Waals surface area (Å²) in [4.78, 5) is 27.1.